The van der Waals surface area contributed by atoms with E-state index in [1.807, 2.05) is 31.2 Å². The summed E-state index contributed by atoms with van der Waals surface area (Å²) in [5.74, 6) is 0.631. The van der Waals surface area contributed by atoms with Crippen LogP contribution in [0.25, 0.3) is 0 Å². The van der Waals surface area contributed by atoms with Gasteiger partial charge in [-0.15, -0.1) is 0 Å². The van der Waals surface area contributed by atoms with E-state index in [1.54, 1.807) is 6.07 Å². The number of hydrogen-bond acceptors (Lipinski definition) is 5. The summed E-state index contributed by atoms with van der Waals surface area (Å²) in [6.07, 6.45) is 1.03. The summed E-state index contributed by atoms with van der Waals surface area (Å²) in [5, 5.41) is 2.97. The molecule has 0 radical (unpaired) electrons. The highest BCUT2D eigenvalue weighted by Gasteiger charge is 2.22. The van der Waals surface area contributed by atoms with E-state index in [-0.39, 0.29) is 23.8 Å². The van der Waals surface area contributed by atoms with Crippen molar-refractivity contribution in [3.8, 4) is 11.5 Å². The van der Waals surface area contributed by atoms with Gasteiger partial charge in [-0.05, 0) is 31.2 Å². The summed E-state index contributed by atoms with van der Waals surface area (Å²) in [5.41, 5.74) is 1.08. The summed E-state index contributed by atoms with van der Waals surface area (Å²) < 4.78 is 36.0. The van der Waals surface area contributed by atoms with Crippen LogP contribution in [-0.2, 0) is 21.4 Å². The van der Waals surface area contributed by atoms with Crippen LogP contribution in [0.15, 0.2) is 42.5 Å². The van der Waals surface area contributed by atoms with Crippen molar-refractivity contribution in [2.45, 2.75) is 13.5 Å². The van der Waals surface area contributed by atoms with E-state index in [0.717, 1.165) is 16.1 Å². The van der Waals surface area contributed by atoms with Crippen LogP contribution < -0.4 is 19.1 Å². The lowest BCUT2D eigenvalue weighted by atomic mass is 10.2. The molecule has 0 heterocycles. The Kier molecular flexibility index (Phi) is 7.53. The minimum atomic E-state index is -3.70. The van der Waals surface area contributed by atoms with E-state index in [4.69, 9.17) is 21.1 Å². The number of sulfonamides is 1. The zero-order valence-corrected chi connectivity index (χ0v) is 17.5. The highest BCUT2D eigenvalue weighted by molar-refractivity contribution is 7.92. The molecular formula is C19H23ClN2O5S. The number of carbonyl (C=O) groups excluding carboxylic acids is 1. The molecule has 0 bridgehead atoms. The number of nitrogens with one attached hydrogen (secondary N) is 1. The van der Waals surface area contributed by atoms with Crippen LogP contribution in [0.5, 0.6) is 11.5 Å². The second kappa shape index (κ2) is 9.66. The highest BCUT2D eigenvalue weighted by atomic mass is 35.5. The molecule has 0 fully saturated rings. The monoisotopic (exact) mass is 426 g/mol. The fourth-order valence-corrected chi connectivity index (χ4v) is 3.64. The largest absolute Gasteiger partial charge is 0.495 e. The molecule has 2 aromatic rings. The Hall–Kier alpha value is -2.45. The van der Waals surface area contributed by atoms with Crippen molar-refractivity contribution < 1.29 is 22.7 Å². The Morgan fingerprint density at radius 3 is 2.50 bits per heavy atom. The lowest BCUT2D eigenvalue weighted by Gasteiger charge is -2.22. The molecule has 0 aromatic heterocycles. The molecule has 152 valence electrons. The first-order valence-corrected chi connectivity index (χ1v) is 10.8. The van der Waals surface area contributed by atoms with Gasteiger partial charge in [0, 0.05) is 12.1 Å². The predicted octanol–water partition coefficient (Wildman–Crippen LogP) is 2.83. The van der Waals surface area contributed by atoms with Crippen LogP contribution in [0, 0.1) is 0 Å². The zero-order valence-electron chi connectivity index (χ0n) is 15.9. The molecule has 1 amide bonds. The molecule has 0 saturated carbocycles. The van der Waals surface area contributed by atoms with E-state index in [0.29, 0.717) is 18.1 Å². The summed E-state index contributed by atoms with van der Waals surface area (Å²) >= 11 is 6.09. The number of halogens is 1. The normalized spacial score (nSPS) is 11.0. The van der Waals surface area contributed by atoms with Gasteiger partial charge in [0.05, 0.1) is 30.7 Å². The average molecular weight is 427 g/mol. The molecule has 0 atom stereocenters. The maximum Gasteiger partial charge on any atom is 0.241 e. The number of benzene rings is 2. The molecule has 0 saturated heterocycles. The van der Waals surface area contributed by atoms with Gasteiger partial charge in [0.15, 0.2) is 0 Å². The molecule has 2 aromatic carbocycles. The van der Waals surface area contributed by atoms with Crippen LogP contribution in [0.4, 0.5) is 5.69 Å². The molecule has 7 nitrogen and oxygen atoms in total. The Bertz CT molecular complexity index is 934. The van der Waals surface area contributed by atoms with Gasteiger partial charge in [-0.25, -0.2) is 8.42 Å². The summed E-state index contributed by atoms with van der Waals surface area (Å²) in [7, 11) is -2.24. The third kappa shape index (κ3) is 5.77. The third-order valence-corrected chi connectivity index (χ3v) is 5.30. The molecule has 0 aliphatic rings. The van der Waals surface area contributed by atoms with Crippen molar-refractivity contribution in [3.05, 3.63) is 53.1 Å². The first-order valence-electron chi connectivity index (χ1n) is 8.55. The fourth-order valence-electron chi connectivity index (χ4n) is 2.54. The molecule has 0 aliphatic carbocycles. The van der Waals surface area contributed by atoms with E-state index < -0.39 is 15.9 Å². The van der Waals surface area contributed by atoms with Crippen LogP contribution >= 0.6 is 11.6 Å². The quantitative estimate of drug-likeness (QED) is 0.666. The zero-order chi connectivity index (χ0) is 20.7. The van der Waals surface area contributed by atoms with Gasteiger partial charge in [0.2, 0.25) is 15.9 Å². The standard InChI is InChI=1S/C19H23ClN2O5S/c1-4-27-17-8-6-5-7-14(17)12-21-19(23)13-22(28(3,24)25)15-9-10-18(26-2)16(20)11-15/h5-11H,4,12-13H2,1-3H3,(H,21,23). The number of ether oxygens (including phenoxy) is 2. The number of para-hydroxylation sites is 1. The van der Waals surface area contributed by atoms with Crippen LogP contribution in [0.1, 0.15) is 12.5 Å². The Morgan fingerprint density at radius 2 is 1.89 bits per heavy atom. The van der Waals surface area contributed by atoms with Crippen LogP contribution in [0.2, 0.25) is 5.02 Å². The third-order valence-electron chi connectivity index (χ3n) is 3.86. The van der Waals surface area contributed by atoms with Gasteiger partial charge >= 0.3 is 0 Å². The van der Waals surface area contributed by atoms with Crippen LogP contribution in [-0.4, -0.2) is 40.8 Å². The van der Waals surface area contributed by atoms with Gasteiger partial charge in [-0.3, -0.25) is 9.10 Å². The number of amides is 1. The minimum absolute atomic E-state index is 0.218. The Labute approximate surface area is 170 Å². The maximum absolute atomic E-state index is 12.4. The van der Waals surface area contributed by atoms with Crippen molar-refractivity contribution in [1.29, 1.82) is 0 Å². The first-order chi connectivity index (χ1) is 13.3. The Balaban J connectivity index is 2.13. The number of anilines is 1. The van der Waals surface area contributed by atoms with E-state index in [1.165, 1.54) is 19.2 Å². The smallest absolute Gasteiger partial charge is 0.241 e. The molecule has 0 unspecified atom stereocenters. The number of hydrogen-bond donors (Lipinski definition) is 1. The maximum atomic E-state index is 12.4. The first kappa shape index (κ1) is 21.8. The number of methoxy groups -OCH3 is 1. The van der Waals surface area contributed by atoms with Gasteiger partial charge < -0.3 is 14.8 Å². The molecule has 1 N–H and O–H groups in total. The molecule has 0 aliphatic heterocycles. The fraction of sp³-hybridized carbons (Fsp3) is 0.316. The molecule has 28 heavy (non-hydrogen) atoms. The van der Waals surface area contributed by atoms with Crippen molar-refractivity contribution in [2.75, 3.05) is 30.8 Å². The van der Waals surface area contributed by atoms with Gasteiger partial charge in [-0.2, -0.15) is 0 Å². The van der Waals surface area contributed by atoms with E-state index in [2.05, 4.69) is 5.32 Å². The molecule has 9 heteroatoms. The summed E-state index contributed by atoms with van der Waals surface area (Å²) in [6.45, 7) is 2.22. The van der Waals surface area contributed by atoms with Crippen molar-refractivity contribution in [3.63, 3.8) is 0 Å². The number of nitrogens with zero attached hydrogens (tertiary/aromatic N) is 1. The SMILES string of the molecule is CCOc1ccccc1CNC(=O)CN(c1ccc(OC)c(Cl)c1)S(C)(=O)=O. The van der Waals surface area contributed by atoms with Gasteiger partial charge in [0.25, 0.3) is 0 Å². The van der Waals surface area contributed by atoms with Crippen molar-refractivity contribution in [1.82, 2.24) is 5.32 Å². The number of carbonyl (C=O) groups is 1. The minimum Gasteiger partial charge on any atom is -0.495 e. The summed E-state index contributed by atoms with van der Waals surface area (Å²) in [6, 6.07) is 11.9. The molecule has 2 rings (SSSR count). The van der Waals surface area contributed by atoms with Gasteiger partial charge in [0.1, 0.15) is 18.0 Å². The topological polar surface area (TPSA) is 84.9 Å². The predicted molar refractivity (Wildman–Crippen MR) is 110 cm³/mol. The average Bonchev–Trinajstić information content (AvgIpc) is 2.64. The second-order valence-corrected chi connectivity index (χ2v) is 8.22. The van der Waals surface area contributed by atoms with Crippen molar-refractivity contribution >= 4 is 33.2 Å². The summed E-state index contributed by atoms with van der Waals surface area (Å²) in [4.78, 5) is 12.4. The Morgan fingerprint density at radius 1 is 1.18 bits per heavy atom. The number of rotatable bonds is 9. The van der Waals surface area contributed by atoms with E-state index in [9.17, 15) is 13.2 Å². The lowest BCUT2D eigenvalue weighted by molar-refractivity contribution is -0.119. The van der Waals surface area contributed by atoms with Crippen LogP contribution in [0.3, 0.4) is 0 Å². The molecular weight excluding hydrogens is 404 g/mol. The van der Waals surface area contributed by atoms with Crippen molar-refractivity contribution in [2.24, 2.45) is 0 Å². The lowest BCUT2D eigenvalue weighted by Crippen LogP contribution is -2.40. The van der Waals surface area contributed by atoms with E-state index >= 15 is 0 Å². The second-order valence-electron chi connectivity index (χ2n) is 5.91. The highest BCUT2D eigenvalue weighted by Crippen LogP contribution is 2.30. The van der Waals surface area contributed by atoms with Gasteiger partial charge in [-0.1, -0.05) is 29.8 Å². The molecule has 0 spiro atoms.